The summed E-state index contributed by atoms with van der Waals surface area (Å²) in [7, 11) is 0. The molecule has 1 N–H and O–H groups in total. The summed E-state index contributed by atoms with van der Waals surface area (Å²) in [6.07, 6.45) is 4.22. The number of hydrogen-bond acceptors (Lipinski definition) is 4. The van der Waals surface area contributed by atoms with Gasteiger partial charge in [-0.2, -0.15) is 0 Å². The predicted molar refractivity (Wildman–Crippen MR) is 57.0 cm³/mol. The second-order valence-corrected chi connectivity index (χ2v) is 4.20. The topological polar surface area (TPSA) is 39.7 Å². The molecule has 4 nitrogen and oxygen atoms in total. The third kappa shape index (κ3) is 4.07. The summed E-state index contributed by atoms with van der Waals surface area (Å²) < 4.78 is 16.4. The third-order valence-corrected chi connectivity index (χ3v) is 2.92. The van der Waals surface area contributed by atoms with Gasteiger partial charge in [0.05, 0.1) is 25.4 Å². The Balaban J connectivity index is 1.41. The van der Waals surface area contributed by atoms with Crippen molar-refractivity contribution in [3.8, 4) is 0 Å². The van der Waals surface area contributed by atoms with Crippen LogP contribution < -0.4 is 5.32 Å². The maximum atomic E-state index is 5.64. The molecule has 4 heteroatoms. The minimum atomic E-state index is 0.328. The van der Waals surface area contributed by atoms with Gasteiger partial charge < -0.3 is 19.5 Å². The van der Waals surface area contributed by atoms with Crippen LogP contribution in [0.25, 0.3) is 0 Å². The fourth-order valence-electron chi connectivity index (χ4n) is 2.01. The Morgan fingerprint density at radius 2 is 2.27 bits per heavy atom. The van der Waals surface area contributed by atoms with Crippen molar-refractivity contribution in [1.29, 1.82) is 0 Å². The second kappa shape index (κ2) is 6.43. The van der Waals surface area contributed by atoms with Gasteiger partial charge in [0.25, 0.3) is 0 Å². The molecule has 15 heavy (non-hydrogen) atoms. The van der Waals surface area contributed by atoms with Crippen molar-refractivity contribution in [3.63, 3.8) is 0 Å². The first-order chi connectivity index (χ1) is 7.45. The van der Waals surface area contributed by atoms with E-state index in [1.54, 1.807) is 0 Å². The lowest BCUT2D eigenvalue weighted by Gasteiger charge is -2.12. The summed E-state index contributed by atoms with van der Waals surface area (Å²) in [5.41, 5.74) is 0. The Labute approximate surface area is 91.3 Å². The average Bonchev–Trinajstić information content (AvgIpc) is 2.88. The lowest BCUT2D eigenvalue weighted by atomic mass is 10.2. The molecule has 0 saturated carbocycles. The molecular weight excluding hydrogens is 194 g/mol. The molecule has 0 amide bonds. The highest BCUT2D eigenvalue weighted by molar-refractivity contribution is 4.67. The summed E-state index contributed by atoms with van der Waals surface area (Å²) in [6.45, 7) is 5.21. The largest absolute Gasteiger partial charge is 0.379 e. The number of hydrogen-bond donors (Lipinski definition) is 1. The van der Waals surface area contributed by atoms with Gasteiger partial charge in [0, 0.05) is 26.3 Å². The van der Waals surface area contributed by atoms with Gasteiger partial charge in [-0.3, -0.25) is 0 Å². The molecule has 2 fully saturated rings. The summed E-state index contributed by atoms with van der Waals surface area (Å²) in [6, 6.07) is 0. The van der Waals surface area contributed by atoms with Crippen molar-refractivity contribution in [1.82, 2.24) is 5.32 Å². The first-order valence-corrected chi connectivity index (χ1v) is 5.97. The molecule has 2 heterocycles. The van der Waals surface area contributed by atoms with Gasteiger partial charge in [-0.25, -0.2) is 0 Å². The highest BCUT2D eigenvalue weighted by Crippen LogP contribution is 2.10. The van der Waals surface area contributed by atoms with Crippen LogP contribution in [0.3, 0.4) is 0 Å². The van der Waals surface area contributed by atoms with Crippen molar-refractivity contribution in [3.05, 3.63) is 0 Å². The molecular formula is C11H21NO3. The molecule has 0 aromatic rings. The zero-order chi connectivity index (χ0) is 10.3. The summed E-state index contributed by atoms with van der Waals surface area (Å²) in [5, 5.41) is 3.36. The van der Waals surface area contributed by atoms with Crippen molar-refractivity contribution in [2.24, 2.45) is 0 Å². The molecule has 0 spiro atoms. The molecule has 0 aliphatic carbocycles. The van der Waals surface area contributed by atoms with Gasteiger partial charge in [-0.05, 0) is 19.3 Å². The van der Waals surface area contributed by atoms with E-state index in [1.807, 2.05) is 0 Å². The lowest BCUT2D eigenvalue weighted by Crippen LogP contribution is -2.30. The van der Waals surface area contributed by atoms with E-state index in [-0.39, 0.29) is 0 Å². The SMILES string of the molecule is C1COC(CNCCOC2CCOC2)C1. The molecule has 0 aromatic carbocycles. The van der Waals surface area contributed by atoms with Crippen LogP contribution in [0, 0.1) is 0 Å². The second-order valence-electron chi connectivity index (χ2n) is 4.20. The standard InChI is InChI=1S/C11H21NO3/c1-2-10(14-5-1)8-12-4-7-15-11-3-6-13-9-11/h10-12H,1-9H2. The minimum Gasteiger partial charge on any atom is -0.379 e. The van der Waals surface area contributed by atoms with Crippen LogP contribution in [0.5, 0.6) is 0 Å². The van der Waals surface area contributed by atoms with Gasteiger partial charge in [0.1, 0.15) is 0 Å². The van der Waals surface area contributed by atoms with Crippen molar-refractivity contribution in [2.45, 2.75) is 31.5 Å². The molecule has 2 saturated heterocycles. The van der Waals surface area contributed by atoms with Crippen molar-refractivity contribution >= 4 is 0 Å². The van der Waals surface area contributed by atoms with Crippen LogP contribution in [0.2, 0.25) is 0 Å². The Kier molecular flexibility index (Phi) is 4.86. The van der Waals surface area contributed by atoms with Crippen molar-refractivity contribution < 1.29 is 14.2 Å². The van der Waals surface area contributed by atoms with Gasteiger partial charge in [-0.1, -0.05) is 0 Å². The van der Waals surface area contributed by atoms with E-state index < -0.39 is 0 Å². The summed E-state index contributed by atoms with van der Waals surface area (Å²) >= 11 is 0. The molecule has 2 unspecified atom stereocenters. The summed E-state index contributed by atoms with van der Waals surface area (Å²) in [4.78, 5) is 0. The van der Waals surface area contributed by atoms with Crippen molar-refractivity contribution in [2.75, 3.05) is 39.5 Å². The Bertz CT molecular complexity index is 147. The van der Waals surface area contributed by atoms with E-state index in [2.05, 4.69) is 5.32 Å². The quantitative estimate of drug-likeness (QED) is 0.657. The van der Waals surface area contributed by atoms with E-state index in [0.29, 0.717) is 12.2 Å². The monoisotopic (exact) mass is 215 g/mol. The first kappa shape index (κ1) is 11.3. The average molecular weight is 215 g/mol. The van der Waals surface area contributed by atoms with Crippen LogP contribution in [0.15, 0.2) is 0 Å². The molecule has 2 aliphatic heterocycles. The minimum absolute atomic E-state index is 0.328. The summed E-state index contributed by atoms with van der Waals surface area (Å²) in [5.74, 6) is 0. The maximum absolute atomic E-state index is 5.64. The van der Waals surface area contributed by atoms with Gasteiger partial charge in [0.2, 0.25) is 0 Å². The molecule has 2 rings (SSSR count). The third-order valence-electron chi connectivity index (χ3n) is 2.92. The Morgan fingerprint density at radius 3 is 3.00 bits per heavy atom. The van der Waals surface area contributed by atoms with E-state index in [0.717, 1.165) is 45.9 Å². The van der Waals surface area contributed by atoms with E-state index >= 15 is 0 Å². The van der Waals surface area contributed by atoms with Crippen LogP contribution in [-0.2, 0) is 14.2 Å². The fourth-order valence-corrected chi connectivity index (χ4v) is 2.01. The molecule has 88 valence electrons. The van der Waals surface area contributed by atoms with E-state index in [4.69, 9.17) is 14.2 Å². The van der Waals surface area contributed by atoms with Crippen LogP contribution in [0.1, 0.15) is 19.3 Å². The highest BCUT2D eigenvalue weighted by atomic mass is 16.5. The zero-order valence-corrected chi connectivity index (χ0v) is 9.24. The molecule has 0 radical (unpaired) electrons. The van der Waals surface area contributed by atoms with Gasteiger partial charge >= 0.3 is 0 Å². The molecule has 0 bridgehead atoms. The molecule has 2 atom stereocenters. The predicted octanol–water partition coefficient (Wildman–Crippen LogP) is 0.560. The Morgan fingerprint density at radius 1 is 1.27 bits per heavy atom. The lowest BCUT2D eigenvalue weighted by molar-refractivity contribution is 0.0423. The number of nitrogens with one attached hydrogen (secondary N) is 1. The highest BCUT2D eigenvalue weighted by Gasteiger charge is 2.16. The van der Waals surface area contributed by atoms with Crippen LogP contribution in [0.4, 0.5) is 0 Å². The van der Waals surface area contributed by atoms with Crippen LogP contribution >= 0.6 is 0 Å². The van der Waals surface area contributed by atoms with Gasteiger partial charge in [-0.15, -0.1) is 0 Å². The zero-order valence-electron chi connectivity index (χ0n) is 9.24. The number of ether oxygens (including phenoxy) is 3. The fraction of sp³-hybridized carbons (Fsp3) is 1.00. The van der Waals surface area contributed by atoms with Gasteiger partial charge in [0.15, 0.2) is 0 Å². The number of rotatable bonds is 6. The maximum Gasteiger partial charge on any atom is 0.0831 e. The van der Waals surface area contributed by atoms with Crippen LogP contribution in [-0.4, -0.2) is 51.7 Å². The van der Waals surface area contributed by atoms with E-state index in [9.17, 15) is 0 Å². The van der Waals surface area contributed by atoms with E-state index in [1.165, 1.54) is 12.8 Å². The molecule has 2 aliphatic rings. The normalized spacial score (nSPS) is 31.2. The first-order valence-electron chi connectivity index (χ1n) is 5.97. The smallest absolute Gasteiger partial charge is 0.0831 e. The Hall–Kier alpha value is -0.160. The molecule has 0 aromatic heterocycles.